The number of amides is 4. The molecule has 2 aromatic rings. The Hall–Kier alpha value is -3.10. The molecule has 8 heteroatoms. The molecule has 2 heterocycles. The maximum absolute atomic E-state index is 13.3. The van der Waals surface area contributed by atoms with Crippen LogP contribution in [0.1, 0.15) is 75.0 Å². The van der Waals surface area contributed by atoms with E-state index in [2.05, 4.69) is 13.8 Å². The molecule has 2 aromatic carbocycles. The van der Waals surface area contributed by atoms with Crippen LogP contribution in [-0.2, 0) is 0 Å². The average molecular weight is 438 g/mol. The lowest BCUT2D eigenvalue weighted by atomic mass is 9.85. The zero-order valence-corrected chi connectivity index (χ0v) is 18.3. The summed E-state index contributed by atoms with van der Waals surface area (Å²) < 4.78 is 0. The van der Waals surface area contributed by atoms with Crippen molar-refractivity contribution in [1.29, 1.82) is 0 Å². The van der Waals surface area contributed by atoms with E-state index < -0.39 is 42.9 Å². The Morgan fingerprint density at radius 1 is 0.719 bits per heavy atom. The number of benzene rings is 2. The zero-order chi connectivity index (χ0) is 23.3. The first-order chi connectivity index (χ1) is 15.3. The molecule has 2 aliphatic rings. The summed E-state index contributed by atoms with van der Waals surface area (Å²) in [5.74, 6) is -1.88. The number of aliphatic hydroxyl groups is 2. The molecule has 0 fully saturated rings. The predicted molar refractivity (Wildman–Crippen MR) is 116 cm³/mol. The summed E-state index contributed by atoms with van der Waals surface area (Å²) in [4.78, 5) is 55.0. The quantitative estimate of drug-likeness (QED) is 0.641. The van der Waals surface area contributed by atoms with Crippen molar-refractivity contribution in [3.8, 4) is 0 Å². The molecular formula is C24H26N2O6. The van der Waals surface area contributed by atoms with Gasteiger partial charge in [-0.3, -0.25) is 29.0 Å². The van der Waals surface area contributed by atoms with Crippen molar-refractivity contribution in [2.75, 3.05) is 13.2 Å². The van der Waals surface area contributed by atoms with Crippen LogP contribution in [0.3, 0.4) is 0 Å². The average Bonchev–Trinajstić information content (AvgIpc) is 2.78. The number of imide groups is 2. The van der Waals surface area contributed by atoms with Gasteiger partial charge in [-0.25, -0.2) is 0 Å². The molecule has 0 saturated heterocycles. The Morgan fingerprint density at radius 3 is 1.44 bits per heavy atom. The van der Waals surface area contributed by atoms with E-state index in [-0.39, 0.29) is 33.7 Å². The number of rotatable bonds is 7. The lowest BCUT2D eigenvalue weighted by Crippen LogP contribution is -2.51. The number of aliphatic hydroxyl groups excluding tert-OH is 2. The summed E-state index contributed by atoms with van der Waals surface area (Å²) in [6, 6.07) is 4.61. The van der Waals surface area contributed by atoms with Gasteiger partial charge < -0.3 is 10.2 Å². The van der Waals surface area contributed by atoms with Crippen molar-refractivity contribution in [2.24, 2.45) is 5.92 Å². The molecule has 8 nitrogen and oxygen atoms in total. The van der Waals surface area contributed by atoms with Crippen LogP contribution in [0.4, 0.5) is 0 Å². The van der Waals surface area contributed by atoms with Crippen LogP contribution in [0.5, 0.6) is 0 Å². The predicted octanol–water partition coefficient (Wildman–Crippen LogP) is 2.21. The Bertz CT molecular complexity index is 1080. The molecule has 4 rings (SSSR count). The first-order valence-electron chi connectivity index (χ1n) is 10.8. The van der Waals surface area contributed by atoms with Gasteiger partial charge in [0.15, 0.2) is 0 Å². The second-order valence-corrected chi connectivity index (χ2v) is 8.65. The van der Waals surface area contributed by atoms with Crippen LogP contribution >= 0.6 is 0 Å². The van der Waals surface area contributed by atoms with E-state index in [9.17, 15) is 29.4 Å². The Morgan fingerprint density at radius 2 is 1.09 bits per heavy atom. The van der Waals surface area contributed by atoms with Gasteiger partial charge in [0.1, 0.15) is 0 Å². The monoisotopic (exact) mass is 438 g/mol. The van der Waals surface area contributed by atoms with Gasteiger partial charge in [0.05, 0.1) is 19.3 Å². The highest BCUT2D eigenvalue weighted by molar-refractivity contribution is 6.33. The highest BCUT2D eigenvalue weighted by Gasteiger charge is 2.42. The summed E-state index contributed by atoms with van der Waals surface area (Å²) in [7, 11) is 0. The van der Waals surface area contributed by atoms with Crippen LogP contribution in [-0.4, -0.2) is 68.9 Å². The van der Waals surface area contributed by atoms with Gasteiger partial charge in [-0.2, -0.15) is 0 Å². The molecule has 0 bridgehead atoms. The van der Waals surface area contributed by atoms with Crippen LogP contribution < -0.4 is 0 Å². The van der Waals surface area contributed by atoms with E-state index in [0.717, 1.165) is 11.3 Å². The molecule has 32 heavy (non-hydrogen) atoms. The van der Waals surface area contributed by atoms with E-state index in [1.54, 1.807) is 0 Å². The highest BCUT2D eigenvalue weighted by Crippen LogP contribution is 2.39. The van der Waals surface area contributed by atoms with Crippen LogP contribution in [0, 0.1) is 5.92 Å². The third kappa shape index (κ3) is 3.05. The molecule has 0 saturated carbocycles. The lowest BCUT2D eigenvalue weighted by molar-refractivity contribution is 0.0373. The van der Waals surface area contributed by atoms with Crippen LogP contribution in [0.25, 0.3) is 10.8 Å². The fourth-order valence-corrected chi connectivity index (χ4v) is 4.72. The Labute approximate surface area is 185 Å². The van der Waals surface area contributed by atoms with Gasteiger partial charge in [-0.15, -0.1) is 0 Å². The molecule has 0 radical (unpaired) electrons. The highest BCUT2D eigenvalue weighted by atomic mass is 16.3. The third-order valence-electron chi connectivity index (χ3n) is 6.63. The minimum absolute atomic E-state index is 0.161. The van der Waals surface area contributed by atoms with Crippen molar-refractivity contribution in [1.82, 2.24) is 9.80 Å². The van der Waals surface area contributed by atoms with E-state index in [0.29, 0.717) is 17.7 Å². The van der Waals surface area contributed by atoms with Crippen molar-refractivity contribution in [2.45, 2.75) is 45.7 Å². The van der Waals surface area contributed by atoms with Gasteiger partial charge >= 0.3 is 0 Å². The number of hydrogen-bond donors (Lipinski definition) is 2. The van der Waals surface area contributed by atoms with Crippen LogP contribution in [0.2, 0.25) is 0 Å². The fourth-order valence-electron chi connectivity index (χ4n) is 4.72. The molecule has 0 aliphatic carbocycles. The second-order valence-electron chi connectivity index (χ2n) is 8.65. The van der Waals surface area contributed by atoms with Gasteiger partial charge in [-0.05, 0) is 43.5 Å². The molecule has 168 valence electrons. The maximum atomic E-state index is 13.3. The topological polar surface area (TPSA) is 115 Å². The van der Waals surface area contributed by atoms with Crippen molar-refractivity contribution in [3.63, 3.8) is 0 Å². The largest absolute Gasteiger partial charge is 0.394 e. The minimum Gasteiger partial charge on any atom is -0.394 e. The molecule has 2 aliphatic heterocycles. The smallest absolute Gasteiger partial charge is 0.261 e. The molecule has 2 atom stereocenters. The first kappa shape index (κ1) is 22.1. The Balaban J connectivity index is 1.88. The summed E-state index contributed by atoms with van der Waals surface area (Å²) in [6.45, 7) is 4.82. The summed E-state index contributed by atoms with van der Waals surface area (Å²) in [6.07, 6.45) is 1.61. The molecule has 2 unspecified atom stereocenters. The Kier molecular flexibility index (Phi) is 5.60. The standard InChI is InChI=1S/C24H26N2O6/c1-4-12(2)9-13(3)25-21(29)15-5-7-17-20-18(8-6-16(19(15)20)22(25)30)24(32)26(23(17)31)14(10-27)11-28/h5-8,12-14,27-28H,4,9-11H2,1-3H3. The number of carbonyl (C=O) groups excluding carboxylic acids is 4. The van der Waals surface area contributed by atoms with Crippen molar-refractivity contribution >= 4 is 34.4 Å². The first-order valence-corrected chi connectivity index (χ1v) is 10.8. The van der Waals surface area contributed by atoms with Crippen molar-refractivity contribution < 1.29 is 29.4 Å². The SMILES string of the molecule is CCC(C)CC(C)N1C(=O)c2ccc3c4c(ccc(c24)C1=O)C(=O)N(C(CO)CO)C3=O. The fraction of sp³-hybridized carbons (Fsp3) is 0.417. The normalized spacial score (nSPS) is 17.6. The molecule has 0 aromatic heterocycles. The molecule has 4 amide bonds. The van der Waals surface area contributed by atoms with Gasteiger partial charge in [0, 0.05) is 39.1 Å². The third-order valence-corrected chi connectivity index (χ3v) is 6.63. The lowest BCUT2D eigenvalue weighted by Gasteiger charge is -2.36. The van der Waals surface area contributed by atoms with E-state index >= 15 is 0 Å². The molecular weight excluding hydrogens is 412 g/mol. The minimum atomic E-state index is -1.08. The van der Waals surface area contributed by atoms with Crippen molar-refractivity contribution in [3.05, 3.63) is 46.5 Å². The summed E-state index contributed by atoms with van der Waals surface area (Å²) in [5.41, 5.74) is 0.889. The van der Waals surface area contributed by atoms with Gasteiger partial charge in [-0.1, -0.05) is 20.3 Å². The number of hydrogen-bond acceptors (Lipinski definition) is 6. The van der Waals surface area contributed by atoms with Gasteiger partial charge in [0.25, 0.3) is 23.6 Å². The van der Waals surface area contributed by atoms with E-state index in [1.807, 2.05) is 6.92 Å². The van der Waals surface area contributed by atoms with Gasteiger partial charge in [0.2, 0.25) is 0 Å². The zero-order valence-electron chi connectivity index (χ0n) is 18.3. The van der Waals surface area contributed by atoms with Crippen LogP contribution in [0.15, 0.2) is 24.3 Å². The summed E-state index contributed by atoms with van der Waals surface area (Å²) in [5, 5.41) is 19.6. The number of carbonyl (C=O) groups is 4. The molecule has 0 spiro atoms. The number of nitrogens with zero attached hydrogens (tertiary/aromatic N) is 2. The van der Waals surface area contributed by atoms with E-state index in [1.165, 1.54) is 29.2 Å². The molecule has 2 N–H and O–H groups in total. The van der Waals surface area contributed by atoms with E-state index in [4.69, 9.17) is 0 Å². The second kappa shape index (κ2) is 8.11. The maximum Gasteiger partial charge on any atom is 0.261 e. The summed E-state index contributed by atoms with van der Waals surface area (Å²) >= 11 is 0.